The molecule has 1 aromatic heterocycles. The zero-order chi connectivity index (χ0) is 24.6. The van der Waals surface area contributed by atoms with Crippen molar-refractivity contribution in [2.75, 3.05) is 38.2 Å². The molecule has 1 saturated heterocycles. The summed E-state index contributed by atoms with van der Waals surface area (Å²) in [4.78, 5) is 14.9. The molecule has 1 aliphatic heterocycles. The Bertz CT molecular complexity index is 1520. The number of hydrogen-bond donors (Lipinski definition) is 0. The van der Waals surface area contributed by atoms with Crippen molar-refractivity contribution >= 4 is 48.9 Å². The second-order valence-corrected chi connectivity index (χ2v) is 11.6. The fourth-order valence-electron chi connectivity index (χ4n) is 4.28. The molecule has 0 atom stereocenters. The minimum Gasteiger partial charge on any atom is -0.497 e. The van der Waals surface area contributed by atoms with Crippen LogP contribution in [0.4, 0.5) is 5.69 Å². The first kappa shape index (κ1) is 23.9. The summed E-state index contributed by atoms with van der Waals surface area (Å²) in [7, 11) is -2.05. The van der Waals surface area contributed by atoms with Crippen LogP contribution in [-0.2, 0) is 16.6 Å². The second-order valence-electron chi connectivity index (χ2n) is 8.26. The molecule has 182 valence electrons. The SMILES string of the molecule is COc1ccc(N2CCN(S(=O)(=O)c3ccc4c(c3)sc(=O)n4Cc3ccccc3Cl)CC2)cc1. The van der Waals surface area contributed by atoms with Gasteiger partial charge in [0.1, 0.15) is 5.75 Å². The summed E-state index contributed by atoms with van der Waals surface area (Å²) in [5.41, 5.74) is 2.57. The molecule has 2 heterocycles. The number of nitrogens with zero attached hydrogens (tertiary/aromatic N) is 3. The lowest BCUT2D eigenvalue weighted by Crippen LogP contribution is -2.48. The third kappa shape index (κ3) is 4.69. The van der Waals surface area contributed by atoms with Crippen LogP contribution >= 0.6 is 22.9 Å². The van der Waals surface area contributed by atoms with E-state index in [2.05, 4.69) is 4.90 Å². The molecule has 0 unspecified atom stereocenters. The summed E-state index contributed by atoms with van der Waals surface area (Å²) in [5, 5.41) is 0.590. The van der Waals surface area contributed by atoms with Crippen molar-refractivity contribution in [3.05, 3.63) is 87.0 Å². The largest absolute Gasteiger partial charge is 0.497 e. The Kier molecular flexibility index (Phi) is 6.59. The van der Waals surface area contributed by atoms with Crippen LogP contribution in [0.1, 0.15) is 5.56 Å². The molecular formula is C25H24ClN3O4S2. The van der Waals surface area contributed by atoms with Gasteiger partial charge in [-0.1, -0.05) is 41.1 Å². The van der Waals surface area contributed by atoms with E-state index in [0.717, 1.165) is 28.3 Å². The highest BCUT2D eigenvalue weighted by Crippen LogP contribution is 2.27. The van der Waals surface area contributed by atoms with Crippen molar-refractivity contribution in [1.29, 1.82) is 0 Å². The van der Waals surface area contributed by atoms with Gasteiger partial charge < -0.3 is 9.64 Å². The standard InChI is InChI=1S/C25H24ClN3O4S2/c1-33-20-8-6-19(7-9-20)27-12-14-28(15-13-27)35(31,32)21-10-11-23-24(16-21)34-25(30)29(23)17-18-4-2-3-5-22(18)26/h2-11,16H,12-15,17H2,1H3. The second kappa shape index (κ2) is 9.66. The van der Waals surface area contributed by atoms with E-state index in [4.69, 9.17) is 16.3 Å². The molecule has 4 aromatic rings. The van der Waals surface area contributed by atoms with Gasteiger partial charge in [0.15, 0.2) is 0 Å². The number of rotatable bonds is 6. The molecule has 0 saturated carbocycles. The van der Waals surface area contributed by atoms with Crippen LogP contribution < -0.4 is 14.5 Å². The normalized spacial score (nSPS) is 15.0. The minimum absolute atomic E-state index is 0.150. The fraction of sp³-hybridized carbons (Fsp3) is 0.240. The maximum atomic E-state index is 13.4. The van der Waals surface area contributed by atoms with E-state index in [9.17, 15) is 13.2 Å². The summed E-state index contributed by atoms with van der Waals surface area (Å²) in [6.07, 6.45) is 0. The number of anilines is 1. The smallest absolute Gasteiger partial charge is 0.308 e. The Morgan fingerprint density at radius 1 is 0.971 bits per heavy atom. The molecule has 10 heteroatoms. The van der Waals surface area contributed by atoms with Crippen molar-refractivity contribution in [3.63, 3.8) is 0 Å². The fourth-order valence-corrected chi connectivity index (χ4v) is 6.93. The number of methoxy groups -OCH3 is 1. The Morgan fingerprint density at radius 3 is 2.37 bits per heavy atom. The lowest BCUT2D eigenvalue weighted by atomic mass is 10.2. The van der Waals surface area contributed by atoms with Crippen LogP contribution in [-0.4, -0.2) is 50.6 Å². The van der Waals surface area contributed by atoms with Crippen LogP contribution in [0.5, 0.6) is 5.75 Å². The van der Waals surface area contributed by atoms with Crippen LogP contribution in [0.25, 0.3) is 10.2 Å². The van der Waals surface area contributed by atoms with Crippen molar-refractivity contribution in [2.45, 2.75) is 11.4 Å². The molecule has 3 aromatic carbocycles. The molecule has 5 rings (SSSR count). The van der Waals surface area contributed by atoms with Crippen molar-refractivity contribution in [3.8, 4) is 5.75 Å². The first-order valence-corrected chi connectivity index (χ1v) is 13.8. The van der Waals surface area contributed by atoms with Gasteiger partial charge in [-0.2, -0.15) is 4.31 Å². The van der Waals surface area contributed by atoms with E-state index in [-0.39, 0.29) is 9.77 Å². The third-order valence-electron chi connectivity index (χ3n) is 6.24. The number of hydrogen-bond acceptors (Lipinski definition) is 6. The molecule has 1 aliphatic rings. The van der Waals surface area contributed by atoms with Gasteiger partial charge in [-0.05, 0) is 54.1 Å². The molecule has 0 amide bonds. The summed E-state index contributed by atoms with van der Waals surface area (Å²) < 4.78 is 35.7. The van der Waals surface area contributed by atoms with Gasteiger partial charge in [-0.3, -0.25) is 9.36 Å². The van der Waals surface area contributed by atoms with Gasteiger partial charge in [-0.25, -0.2) is 8.42 Å². The summed E-state index contributed by atoms with van der Waals surface area (Å²) >= 11 is 7.32. The summed E-state index contributed by atoms with van der Waals surface area (Å²) in [5.74, 6) is 0.786. The zero-order valence-electron chi connectivity index (χ0n) is 19.1. The summed E-state index contributed by atoms with van der Waals surface area (Å²) in [6, 6.07) is 20.0. The highest BCUT2D eigenvalue weighted by molar-refractivity contribution is 7.89. The van der Waals surface area contributed by atoms with Crippen molar-refractivity contribution in [2.24, 2.45) is 0 Å². The maximum absolute atomic E-state index is 13.4. The molecule has 0 spiro atoms. The number of ether oxygens (including phenoxy) is 1. The Balaban J connectivity index is 1.35. The summed E-state index contributed by atoms with van der Waals surface area (Å²) in [6.45, 7) is 2.29. The molecule has 0 N–H and O–H groups in total. The Labute approximate surface area is 212 Å². The van der Waals surface area contributed by atoms with Crippen LogP contribution in [0, 0.1) is 0 Å². The lowest BCUT2D eigenvalue weighted by molar-refractivity contribution is 0.385. The number of fused-ring (bicyclic) bond motifs is 1. The van der Waals surface area contributed by atoms with Gasteiger partial charge in [0.2, 0.25) is 10.0 Å². The zero-order valence-corrected chi connectivity index (χ0v) is 21.4. The molecule has 0 aliphatic carbocycles. The highest BCUT2D eigenvalue weighted by atomic mass is 35.5. The molecule has 0 bridgehead atoms. The molecule has 35 heavy (non-hydrogen) atoms. The van der Waals surface area contributed by atoms with Crippen molar-refractivity contribution in [1.82, 2.24) is 8.87 Å². The minimum atomic E-state index is -3.68. The number of benzene rings is 3. The van der Waals surface area contributed by atoms with Gasteiger partial charge in [-0.15, -0.1) is 0 Å². The molecule has 1 fully saturated rings. The predicted molar refractivity (Wildman–Crippen MR) is 141 cm³/mol. The average Bonchev–Trinajstić information content (AvgIpc) is 3.19. The molecular weight excluding hydrogens is 506 g/mol. The third-order valence-corrected chi connectivity index (χ3v) is 9.45. The highest BCUT2D eigenvalue weighted by Gasteiger charge is 2.29. The predicted octanol–water partition coefficient (Wildman–Crippen LogP) is 4.28. The lowest BCUT2D eigenvalue weighted by Gasteiger charge is -2.35. The van der Waals surface area contributed by atoms with E-state index in [0.29, 0.717) is 48.0 Å². The van der Waals surface area contributed by atoms with Gasteiger partial charge in [0.05, 0.1) is 28.8 Å². The monoisotopic (exact) mass is 529 g/mol. The van der Waals surface area contributed by atoms with Crippen LogP contribution in [0.3, 0.4) is 0 Å². The van der Waals surface area contributed by atoms with Gasteiger partial charge in [0.25, 0.3) is 0 Å². The average molecular weight is 530 g/mol. The topological polar surface area (TPSA) is 71.8 Å². The Morgan fingerprint density at radius 2 is 1.69 bits per heavy atom. The van der Waals surface area contributed by atoms with Crippen molar-refractivity contribution < 1.29 is 13.2 Å². The van der Waals surface area contributed by atoms with Crippen LogP contribution in [0.15, 0.2) is 76.4 Å². The van der Waals surface area contributed by atoms with E-state index in [1.807, 2.05) is 42.5 Å². The quantitative estimate of drug-likeness (QED) is 0.373. The van der Waals surface area contributed by atoms with Crippen LogP contribution in [0.2, 0.25) is 5.02 Å². The van der Waals surface area contributed by atoms with E-state index in [1.165, 1.54) is 4.31 Å². The maximum Gasteiger partial charge on any atom is 0.308 e. The number of aromatic nitrogens is 1. The molecule has 0 radical (unpaired) electrons. The van der Waals surface area contributed by atoms with E-state index in [1.54, 1.807) is 35.9 Å². The number of piperazine rings is 1. The van der Waals surface area contributed by atoms with E-state index >= 15 is 0 Å². The first-order valence-electron chi connectivity index (χ1n) is 11.1. The first-order chi connectivity index (χ1) is 16.9. The number of sulfonamides is 1. The van der Waals surface area contributed by atoms with E-state index < -0.39 is 10.0 Å². The Hall–Kier alpha value is -2.85. The van der Waals surface area contributed by atoms with Gasteiger partial charge in [0, 0.05) is 36.9 Å². The molecule has 7 nitrogen and oxygen atoms in total. The number of halogens is 1. The van der Waals surface area contributed by atoms with Gasteiger partial charge >= 0.3 is 4.87 Å². The number of thiazole rings is 1.